The van der Waals surface area contributed by atoms with Crippen molar-refractivity contribution >= 4 is 51.1 Å². The molecule has 0 aromatic heterocycles. The molecule has 0 N–H and O–H groups in total. The number of hydrogen-bond donors (Lipinski definition) is 0. The molecule has 0 radical (unpaired) electrons. The van der Waals surface area contributed by atoms with Crippen LogP contribution in [0.5, 0.6) is 11.5 Å². The number of fused-ring (bicyclic) bond motifs is 4. The summed E-state index contributed by atoms with van der Waals surface area (Å²) in [4.78, 5) is 0. The zero-order chi connectivity index (χ0) is 37.6. The van der Waals surface area contributed by atoms with E-state index in [0.29, 0.717) is 104 Å². The lowest BCUT2D eigenvalue weighted by Gasteiger charge is -2.51. The van der Waals surface area contributed by atoms with Crippen LogP contribution in [0.15, 0.2) is 90.9 Å². The highest BCUT2D eigenvalue weighted by Crippen LogP contribution is 2.85. The molecule has 9 aliphatic heterocycles. The summed E-state index contributed by atoms with van der Waals surface area (Å²) in [6.45, 7) is 7.00. The van der Waals surface area contributed by atoms with Crippen LogP contribution in [-0.4, -0.2) is 82.9 Å². The first kappa shape index (κ1) is 37.4. The molecule has 298 valence electrons. The van der Waals surface area contributed by atoms with Crippen LogP contribution < -0.4 is 9.05 Å². The van der Waals surface area contributed by atoms with Crippen molar-refractivity contribution in [3.8, 4) is 11.5 Å². The molecule has 2 atom stereocenters. The van der Waals surface area contributed by atoms with Gasteiger partial charge < -0.3 is 28.0 Å². The van der Waals surface area contributed by atoms with Crippen LogP contribution in [0.4, 0.5) is 0 Å². The Kier molecular flexibility index (Phi) is 9.36. The molecule has 12 rings (SSSR count). The molecule has 2 unspecified atom stereocenters. The first-order valence-electron chi connectivity index (χ1n) is 19.3. The van der Waals surface area contributed by atoms with Gasteiger partial charge in [0.2, 0.25) is 7.51 Å². The number of halogens is 2. The maximum Gasteiger partial charge on any atom is 0.334 e. The maximum absolute atomic E-state index is 7.55. The van der Waals surface area contributed by atoms with E-state index < -0.39 is 40.2 Å². The average molecular weight is 880 g/mol. The van der Waals surface area contributed by atoms with Crippen molar-refractivity contribution in [3.63, 3.8) is 0 Å². The molecule has 3 aromatic carbocycles. The van der Waals surface area contributed by atoms with Crippen LogP contribution in [0.3, 0.4) is 0 Å². The summed E-state index contributed by atoms with van der Waals surface area (Å²) in [5.41, 5.74) is 4.35. The van der Waals surface area contributed by atoms with Crippen LogP contribution in [0, 0.1) is 0 Å². The minimum Gasteiger partial charge on any atom is -0.430 e. The standard InChI is InChI=1S/C36H44Cl2N8O6P4/c37-53(38)39-55-41-54(43-16-12-35(13-17-43)47-20-21-48-35,44-18-14-36(15-19-44)49-22-23-50-36)42-56(40-53)46(28-32-9-2-4-11-34(32)52-56)26-30-7-5-6-29(24-30)25-45(55)27-31-8-1-3-10-33(31)51-55/h1-11,24H,12-23,25-28H2. The van der Waals surface area contributed by atoms with E-state index in [1.165, 1.54) is 0 Å². The Bertz CT molecular complexity index is 2180. The second-order valence-electron chi connectivity index (χ2n) is 15.4. The molecule has 20 heteroatoms. The molecule has 9 aliphatic rings. The van der Waals surface area contributed by atoms with E-state index in [-0.39, 0.29) is 0 Å². The monoisotopic (exact) mass is 878 g/mol. The van der Waals surface area contributed by atoms with Crippen LogP contribution in [0.2, 0.25) is 0 Å². The van der Waals surface area contributed by atoms with E-state index >= 15 is 0 Å². The summed E-state index contributed by atoms with van der Waals surface area (Å²) in [5, 5.41) is 0. The Morgan fingerprint density at radius 3 is 1.46 bits per heavy atom. The Labute approximate surface area is 337 Å². The third kappa shape index (κ3) is 6.47. The fraction of sp³-hybridized carbons (Fsp3) is 0.500. The van der Waals surface area contributed by atoms with E-state index in [4.69, 9.17) is 68.5 Å². The minimum atomic E-state index is -3.58. The Morgan fingerprint density at radius 1 is 0.500 bits per heavy atom. The van der Waals surface area contributed by atoms with Gasteiger partial charge in [0.05, 0.1) is 26.4 Å². The van der Waals surface area contributed by atoms with Crippen molar-refractivity contribution in [3.05, 3.63) is 95.1 Å². The van der Waals surface area contributed by atoms with E-state index in [1.54, 1.807) is 0 Å². The lowest BCUT2D eigenvalue weighted by Crippen LogP contribution is -2.49. The Hall–Kier alpha value is -1.56. The summed E-state index contributed by atoms with van der Waals surface area (Å²) >= 11 is 15.1. The van der Waals surface area contributed by atoms with Gasteiger partial charge in [-0.15, -0.1) is 0 Å². The molecule has 4 saturated heterocycles. The second kappa shape index (κ2) is 14.0. The largest absolute Gasteiger partial charge is 0.430 e. The zero-order valence-corrected chi connectivity index (χ0v) is 35.9. The Morgan fingerprint density at radius 2 is 0.964 bits per heavy atom. The molecule has 14 nitrogen and oxygen atoms in total. The Balaban J connectivity index is 1.21. The highest BCUT2D eigenvalue weighted by Gasteiger charge is 2.55. The molecule has 4 bridgehead atoms. The first-order valence-corrected chi connectivity index (χ1v) is 27.6. The highest BCUT2D eigenvalue weighted by molar-refractivity contribution is 8.12. The number of hydrogen-bond acceptors (Lipinski definition) is 14. The molecule has 9 heterocycles. The van der Waals surface area contributed by atoms with Gasteiger partial charge in [-0.05, 0) is 45.7 Å². The molecule has 4 fully saturated rings. The van der Waals surface area contributed by atoms with Crippen LogP contribution >= 0.6 is 51.1 Å². The summed E-state index contributed by atoms with van der Waals surface area (Å²) < 4.78 is 72.5. The van der Waals surface area contributed by atoms with Gasteiger partial charge in [-0.25, -0.2) is 18.7 Å². The van der Waals surface area contributed by atoms with Crippen LogP contribution in [0.25, 0.3) is 0 Å². The minimum absolute atomic E-state index is 0.520. The van der Waals surface area contributed by atoms with Gasteiger partial charge in [0.25, 0.3) is 5.91 Å². The summed E-state index contributed by atoms with van der Waals surface area (Å²) in [5.74, 6) is -3.37. The van der Waals surface area contributed by atoms with Crippen LogP contribution in [0.1, 0.15) is 47.9 Å². The second-order valence-corrected chi connectivity index (χ2v) is 28.2. The molecule has 56 heavy (non-hydrogen) atoms. The van der Waals surface area contributed by atoms with Crippen molar-refractivity contribution in [1.29, 1.82) is 0 Å². The molecule has 3 aromatic rings. The van der Waals surface area contributed by atoms with Crippen molar-refractivity contribution in [2.24, 2.45) is 18.1 Å². The summed E-state index contributed by atoms with van der Waals surface area (Å²) in [7, 11) is -10.2. The van der Waals surface area contributed by atoms with Gasteiger partial charge >= 0.3 is 15.2 Å². The fourth-order valence-corrected chi connectivity index (χ4v) is 27.4. The van der Waals surface area contributed by atoms with E-state index in [2.05, 4.69) is 55.1 Å². The third-order valence-electron chi connectivity index (χ3n) is 11.9. The highest BCUT2D eigenvalue weighted by atomic mass is 35.9. The fourth-order valence-electron chi connectivity index (χ4n) is 9.10. The summed E-state index contributed by atoms with van der Waals surface area (Å²) in [6, 6.07) is 25.0. The van der Waals surface area contributed by atoms with Crippen molar-refractivity contribution in [1.82, 2.24) is 18.7 Å². The van der Waals surface area contributed by atoms with Gasteiger partial charge in [0, 0.05) is 89.2 Å². The van der Waals surface area contributed by atoms with Gasteiger partial charge in [0.1, 0.15) is 11.5 Å². The number of rotatable bonds is 2. The van der Waals surface area contributed by atoms with E-state index in [0.717, 1.165) is 33.8 Å². The molecule has 0 aliphatic carbocycles. The van der Waals surface area contributed by atoms with Crippen LogP contribution in [-0.2, 0) is 45.1 Å². The molecular weight excluding hydrogens is 835 g/mol. The lowest BCUT2D eigenvalue weighted by molar-refractivity contribution is -0.182. The van der Waals surface area contributed by atoms with Crippen molar-refractivity contribution < 1.29 is 28.0 Å². The van der Waals surface area contributed by atoms with Gasteiger partial charge in [-0.3, -0.25) is 0 Å². The molecular formula is C36H44Cl2N8O6P4. The van der Waals surface area contributed by atoms with E-state index in [9.17, 15) is 0 Å². The van der Waals surface area contributed by atoms with Gasteiger partial charge in [0.15, 0.2) is 11.6 Å². The normalized spacial score (nSPS) is 31.6. The van der Waals surface area contributed by atoms with Crippen molar-refractivity contribution in [2.45, 2.75) is 63.4 Å². The number of para-hydroxylation sites is 2. The lowest BCUT2D eigenvalue weighted by atomic mass is 10.1. The van der Waals surface area contributed by atoms with Crippen molar-refractivity contribution in [2.75, 3.05) is 52.6 Å². The first-order chi connectivity index (χ1) is 27.2. The predicted octanol–water partition coefficient (Wildman–Crippen LogP) is 10.4. The topological polar surface area (TPSA) is 118 Å². The number of benzene rings is 3. The quantitative estimate of drug-likeness (QED) is 0.230. The zero-order valence-electron chi connectivity index (χ0n) is 30.8. The maximum atomic E-state index is 7.55. The number of ether oxygens (including phenoxy) is 4. The number of nitrogens with zero attached hydrogens (tertiary/aromatic N) is 8. The smallest absolute Gasteiger partial charge is 0.334 e. The SMILES string of the molecule is ClP1(Cl)=NP23=NP(N4CCC5(CC4)OCCO5)(N4CCC5(CC4)OCCO5)=NP4(=N1)Oc1ccccc1CN4Cc1cccc(c1)CN2Cc1ccccc1O3. The molecule has 0 amide bonds. The molecule has 0 saturated carbocycles. The van der Waals surface area contributed by atoms with Gasteiger partial charge in [-0.2, -0.15) is 18.1 Å². The molecule has 4 spiro atoms. The average Bonchev–Trinajstić information content (AvgIpc) is 3.84. The third-order valence-corrected chi connectivity index (χ3v) is 26.9. The summed E-state index contributed by atoms with van der Waals surface area (Å²) in [6.07, 6.45) is 2.68. The van der Waals surface area contributed by atoms with E-state index in [1.807, 2.05) is 36.4 Å². The van der Waals surface area contributed by atoms with Gasteiger partial charge in [-0.1, -0.05) is 60.7 Å². The predicted molar refractivity (Wildman–Crippen MR) is 219 cm³/mol. The number of piperidine rings is 2.